The van der Waals surface area contributed by atoms with E-state index in [4.69, 9.17) is 47.4 Å². The Morgan fingerprint density at radius 1 is 0.597 bits per heavy atom. The van der Waals surface area contributed by atoms with Gasteiger partial charge in [-0.1, -0.05) is 115 Å². The largest absolute Gasteiger partial charge is 0.459 e. The van der Waals surface area contributed by atoms with Gasteiger partial charge in [0.15, 0.2) is 31.1 Å². The Kier molecular flexibility index (Phi) is 14.1. The van der Waals surface area contributed by atoms with Crippen LogP contribution in [-0.2, 0) is 54.0 Å². The van der Waals surface area contributed by atoms with E-state index in [1.807, 2.05) is 60.7 Å². The van der Waals surface area contributed by atoms with Crippen LogP contribution in [0.2, 0.25) is 0 Å². The van der Waals surface area contributed by atoms with Gasteiger partial charge < -0.3 is 52.5 Å². The maximum absolute atomic E-state index is 14.1. The number of hydrogen-bond acceptors (Lipinski definition) is 14. The molecule has 3 fully saturated rings. The number of benzene rings is 5. The van der Waals surface area contributed by atoms with Gasteiger partial charge >= 0.3 is 17.9 Å². The van der Waals surface area contributed by atoms with Crippen LogP contribution in [0.15, 0.2) is 152 Å². The molecule has 0 spiro atoms. The molecule has 1 N–H and O–H groups in total. The zero-order valence-electron chi connectivity index (χ0n) is 33.7. The summed E-state index contributed by atoms with van der Waals surface area (Å²) in [5, 5.41) is 11.9. The van der Waals surface area contributed by atoms with E-state index in [-0.39, 0.29) is 29.9 Å². The van der Waals surface area contributed by atoms with Gasteiger partial charge in [0, 0.05) is 12.7 Å². The van der Waals surface area contributed by atoms with Crippen molar-refractivity contribution in [3.63, 3.8) is 0 Å². The highest BCUT2D eigenvalue weighted by atomic mass is 16.8. The quantitative estimate of drug-likeness (QED) is 0.105. The van der Waals surface area contributed by atoms with Gasteiger partial charge in [0.2, 0.25) is 0 Å². The van der Waals surface area contributed by atoms with Crippen LogP contribution in [0.5, 0.6) is 0 Å². The Labute approximate surface area is 358 Å². The predicted octanol–water partition coefficient (Wildman–Crippen LogP) is 5.84. The molecular weight excluding hydrogens is 801 g/mol. The molecule has 8 rings (SSSR count). The monoisotopic (exact) mass is 846 g/mol. The van der Waals surface area contributed by atoms with E-state index in [1.54, 1.807) is 91.0 Å². The van der Waals surface area contributed by atoms with Gasteiger partial charge in [-0.15, -0.1) is 0 Å². The topological polar surface area (TPSA) is 164 Å². The highest BCUT2D eigenvalue weighted by molar-refractivity contribution is 5.91. The van der Waals surface area contributed by atoms with Gasteiger partial charge in [-0.2, -0.15) is 0 Å². The molecule has 11 atom stereocenters. The molecule has 14 heteroatoms. The van der Waals surface area contributed by atoms with E-state index in [0.717, 1.165) is 11.1 Å². The molecule has 0 bridgehead atoms. The zero-order valence-corrected chi connectivity index (χ0v) is 33.7. The second-order valence-electron chi connectivity index (χ2n) is 14.8. The average molecular weight is 847 g/mol. The lowest BCUT2D eigenvalue weighted by molar-refractivity contribution is -0.392. The van der Waals surface area contributed by atoms with E-state index in [1.165, 1.54) is 7.11 Å². The number of ether oxygens (including phenoxy) is 10. The molecule has 62 heavy (non-hydrogen) atoms. The summed E-state index contributed by atoms with van der Waals surface area (Å²) >= 11 is 0. The third-order valence-corrected chi connectivity index (χ3v) is 10.7. The van der Waals surface area contributed by atoms with Crippen molar-refractivity contribution in [3.8, 4) is 0 Å². The van der Waals surface area contributed by atoms with E-state index in [9.17, 15) is 19.5 Å². The molecule has 0 aliphatic carbocycles. The van der Waals surface area contributed by atoms with Crippen LogP contribution in [0, 0.1) is 0 Å². The minimum atomic E-state index is -1.50. The van der Waals surface area contributed by atoms with Crippen LogP contribution in [-0.4, -0.2) is 105 Å². The van der Waals surface area contributed by atoms with E-state index < -0.39 is 92.2 Å². The Morgan fingerprint density at radius 2 is 1.13 bits per heavy atom. The lowest BCUT2D eigenvalue weighted by atomic mass is 9.95. The fraction of sp³-hybridized carbons (Fsp3) is 0.312. The highest BCUT2D eigenvalue weighted by Crippen LogP contribution is 2.39. The van der Waals surface area contributed by atoms with Crippen LogP contribution in [0.3, 0.4) is 0 Å². The van der Waals surface area contributed by atoms with Crippen molar-refractivity contribution in [2.75, 3.05) is 20.3 Å². The number of carbonyl (C=O) groups is 3. The first-order valence-electron chi connectivity index (χ1n) is 20.3. The smallest absolute Gasteiger partial charge is 0.338 e. The van der Waals surface area contributed by atoms with E-state index in [0.29, 0.717) is 0 Å². The SMILES string of the molecule is CO[C@H]1O[C@@H]2COC(c3ccccc3)O[C@H]2[C@@H](O[C@H]2O[C@H](COC(=O)c3ccccc3)[C@@H](OC(=O)c3ccccc3)[C@H](OC(=O)c3ccccc3)[C@@H]2OCc2ccccc2)[C@@H]1O. The molecule has 0 saturated carbocycles. The molecule has 322 valence electrons. The summed E-state index contributed by atoms with van der Waals surface area (Å²) in [6, 6.07) is 43.3. The Bertz CT molecular complexity index is 2200. The first kappa shape index (κ1) is 42.9. The lowest BCUT2D eigenvalue weighted by Crippen LogP contribution is -2.67. The molecular formula is C48H46O14. The Balaban J connectivity index is 1.19. The van der Waals surface area contributed by atoms with Crippen molar-refractivity contribution in [1.29, 1.82) is 0 Å². The van der Waals surface area contributed by atoms with Crippen molar-refractivity contribution >= 4 is 17.9 Å². The van der Waals surface area contributed by atoms with Crippen molar-refractivity contribution in [1.82, 2.24) is 0 Å². The zero-order chi connectivity index (χ0) is 42.8. The average Bonchev–Trinajstić information content (AvgIpc) is 3.33. The first-order chi connectivity index (χ1) is 30.4. The standard InChI is InChI=1S/C48H46O14/c1-53-47-37(49)40(38-36(57-47)29-56-46(61-38)34-25-15-6-16-26-34)62-48-42(54-27-30-17-7-2-8-18-30)41(60-45(52)33-23-13-5-14-24-33)39(59-44(51)32-21-11-4-12-22-32)35(58-48)28-55-43(50)31-19-9-3-10-20-31/h2-26,35-42,46-49H,27-29H2,1H3/t35-,36-,37+,38-,39-,40+,41+,42+,46?,47+,48-/m1/s1. The summed E-state index contributed by atoms with van der Waals surface area (Å²) in [5.41, 5.74) is 2.14. The second kappa shape index (κ2) is 20.4. The predicted molar refractivity (Wildman–Crippen MR) is 218 cm³/mol. The fourth-order valence-corrected chi connectivity index (χ4v) is 7.54. The maximum atomic E-state index is 14.1. The van der Waals surface area contributed by atoms with Gasteiger partial charge in [-0.05, 0) is 42.0 Å². The summed E-state index contributed by atoms with van der Waals surface area (Å²) in [5.74, 6) is -2.23. The molecule has 3 aliphatic rings. The first-order valence-corrected chi connectivity index (χ1v) is 20.3. The van der Waals surface area contributed by atoms with Gasteiger partial charge in [0.25, 0.3) is 0 Å². The molecule has 3 saturated heterocycles. The minimum absolute atomic E-state index is 0.0371. The Morgan fingerprint density at radius 3 is 1.71 bits per heavy atom. The molecule has 1 unspecified atom stereocenters. The molecule has 5 aromatic rings. The number of rotatable bonds is 14. The summed E-state index contributed by atoms with van der Waals surface area (Å²) in [6.07, 6.45) is -13.5. The van der Waals surface area contributed by atoms with E-state index in [2.05, 4.69) is 0 Å². The third-order valence-electron chi connectivity index (χ3n) is 10.7. The summed E-state index contributed by atoms with van der Waals surface area (Å²) in [6.45, 7) is -0.470. The Hall–Kier alpha value is -5.81. The van der Waals surface area contributed by atoms with Crippen molar-refractivity contribution in [2.24, 2.45) is 0 Å². The number of fused-ring (bicyclic) bond motifs is 1. The second-order valence-corrected chi connectivity index (χ2v) is 14.8. The van der Waals surface area contributed by atoms with Crippen molar-refractivity contribution in [2.45, 2.75) is 74.3 Å². The normalized spacial score (nSPS) is 28.2. The van der Waals surface area contributed by atoms with Crippen LogP contribution < -0.4 is 0 Å². The van der Waals surface area contributed by atoms with Gasteiger partial charge in [-0.3, -0.25) is 0 Å². The van der Waals surface area contributed by atoms with Gasteiger partial charge in [0.1, 0.15) is 43.2 Å². The van der Waals surface area contributed by atoms with Gasteiger partial charge in [0.05, 0.1) is 29.9 Å². The number of methoxy groups -OCH3 is 1. The summed E-state index contributed by atoms with van der Waals surface area (Å²) < 4.78 is 62.6. The van der Waals surface area contributed by atoms with Crippen LogP contribution in [0.25, 0.3) is 0 Å². The van der Waals surface area contributed by atoms with Crippen LogP contribution >= 0.6 is 0 Å². The highest BCUT2D eigenvalue weighted by Gasteiger charge is 2.57. The van der Waals surface area contributed by atoms with Crippen molar-refractivity contribution in [3.05, 3.63) is 179 Å². The van der Waals surface area contributed by atoms with Gasteiger partial charge in [-0.25, -0.2) is 14.4 Å². The summed E-state index contributed by atoms with van der Waals surface area (Å²) in [7, 11) is 1.38. The van der Waals surface area contributed by atoms with E-state index >= 15 is 0 Å². The number of carbonyl (C=O) groups excluding carboxylic acids is 3. The van der Waals surface area contributed by atoms with Crippen LogP contribution in [0.4, 0.5) is 0 Å². The third kappa shape index (κ3) is 10.1. The van der Waals surface area contributed by atoms with Crippen LogP contribution in [0.1, 0.15) is 48.5 Å². The molecule has 0 aromatic heterocycles. The molecule has 5 aromatic carbocycles. The summed E-state index contributed by atoms with van der Waals surface area (Å²) in [4.78, 5) is 41.4. The maximum Gasteiger partial charge on any atom is 0.338 e. The number of aliphatic hydroxyl groups is 1. The minimum Gasteiger partial charge on any atom is -0.459 e. The number of aliphatic hydroxyl groups excluding tert-OH is 1. The molecule has 3 heterocycles. The lowest BCUT2D eigenvalue weighted by Gasteiger charge is -2.50. The molecule has 14 nitrogen and oxygen atoms in total. The fourth-order valence-electron chi connectivity index (χ4n) is 7.54. The van der Waals surface area contributed by atoms with Crippen molar-refractivity contribution < 1.29 is 66.9 Å². The molecule has 0 amide bonds. The number of esters is 3. The molecule has 0 radical (unpaired) electrons. The number of hydrogen-bond donors (Lipinski definition) is 1. The molecule has 3 aliphatic heterocycles.